The minimum atomic E-state index is -0.0404. The zero-order chi connectivity index (χ0) is 51.7. The molecule has 10 aromatic carbocycles. The van der Waals surface area contributed by atoms with Crippen molar-refractivity contribution in [3.05, 3.63) is 270 Å². The van der Waals surface area contributed by atoms with Crippen molar-refractivity contribution in [2.24, 2.45) is 9.98 Å². The second-order valence-electron chi connectivity index (χ2n) is 21.5. The normalized spacial score (nSPS) is 12.2. The topological polar surface area (TPSA) is 53.5 Å². The fourth-order valence-corrected chi connectivity index (χ4v) is 10.1. The van der Waals surface area contributed by atoms with E-state index >= 15 is 0 Å². The van der Waals surface area contributed by atoms with Crippen molar-refractivity contribution in [1.29, 1.82) is 5.41 Å². The molecule has 364 valence electrons. The first kappa shape index (κ1) is 48.3. The number of benzene rings is 10. The van der Waals surface area contributed by atoms with Crippen LogP contribution in [-0.2, 0) is 10.8 Å². The second kappa shape index (κ2) is 20.1. The predicted molar refractivity (Wildman–Crippen MR) is 319 cm³/mol. The Morgan fingerprint density at radius 3 is 1.19 bits per heavy atom. The van der Waals surface area contributed by atoms with Crippen molar-refractivity contribution in [3.63, 3.8) is 0 Å². The first-order chi connectivity index (χ1) is 36.4. The summed E-state index contributed by atoms with van der Waals surface area (Å²) in [4.78, 5) is 10.4. The zero-order valence-corrected chi connectivity index (χ0v) is 43.5. The lowest BCUT2D eigenvalue weighted by molar-refractivity contribution is 0.590. The minimum absolute atomic E-state index is 0.0404. The molecule has 0 radical (unpaired) electrons. The van der Waals surface area contributed by atoms with Crippen molar-refractivity contribution in [2.45, 2.75) is 52.4 Å². The Morgan fingerprint density at radius 1 is 0.387 bits per heavy atom. The highest BCUT2D eigenvalue weighted by atomic mass is 15.0. The van der Waals surface area contributed by atoms with Gasteiger partial charge in [0.1, 0.15) is 0 Å². The molecule has 0 aliphatic heterocycles. The SMILES string of the molecule is CC(C)(C)c1ccc2c(c1)c1cc(C(C)(C)C)ccc1n2-c1c(-c2ccccc2)cc(C(=N)N=C(N=Cc2cc(-c3ccccc3)cc(-c3ccccc3)c2)c2ccc(-c3ccccc3)cc2)cc1-c1ccccc1. The van der Waals surface area contributed by atoms with Crippen molar-refractivity contribution < 1.29 is 0 Å². The highest BCUT2D eigenvalue weighted by Crippen LogP contribution is 2.44. The maximum absolute atomic E-state index is 10.1. The number of fused-ring (bicyclic) bond motifs is 3. The molecule has 0 amide bonds. The van der Waals surface area contributed by atoms with Gasteiger partial charge in [-0.1, -0.05) is 230 Å². The molecule has 0 fully saturated rings. The summed E-state index contributed by atoms with van der Waals surface area (Å²) in [5.74, 6) is 0.536. The van der Waals surface area contributed by atoms with Gasteiger partial charge in [0.2, 0.25) is 0 Å². The van der Waals surface area contributed by atoms with Gasteiger partial charge >= 0.3 is 0 Å². The standard InChI is InChI=1S/C71H60N4/c1-70(2,3)59-36-38-65-63(45-59)64-46-60(71(4,5)6)37-39-66(64)75(65)67-61(53-28-18-10-19-29-53)43-58(44-62(67)54-30-20-11-21-31-54)68(72)74-69(55-34-32-52(33-35-55)49-22-12-7-13-23-49)73-47-48-40-56(50-24-14-8-15-25-50)42-57(41-48)51-26-16-9-17-27-51/h7-47,72H,1-6H3. The number of aromatic nitrogens is 1. The molecule has 0 atom stereocenters. The van der Waals surface area contributed by atoms with Crippen LogP contribution in [0.15, 0.2) is 253 Å². The van der Waals surface area contributed by atoms with Crippen LogP contribution in [0.25, 0.3) is 83.1 Å². The Hall–Kier alpha value is -8.99. The molecule has 11 aromatic rings. The highest BCUT2D eigenvalue weighted by Gasteiger charge is 2.25. The number of hydrogen-bond acceptors (Lipinski definition) is 1. The maximum Gasteiger partial charge on any atom is 0.161 e. The van der Waals surface area contributed by atoms with E-state index in [1.807, 2.05) is 24.4 Å². The van der Waals surface area contributed by atoms with E-state index in [4.69, 9.17) is 9.98 Å². The zero-order valence-electron chi connectivity index (χ0n) is 43.5. The highest BCUT2D eigenvalue weighted by molar-refractivity contribution is 6.15. The first-order valence-corrected chi connectivity index (χ1v) is 25.9. The van der Waals surface area contributed by atoms with Crippen LogP contribution >= 0.6 is 0 Å². The van der Waals surface area contributed by atoms with E-state index in [-0.39, 0.29) is 16.7 Å². The van der Waals surface area contributed by atoms with E-state index in [1.54, 1.807) is 0 Å². The van der Waals surface area contributed by atoms with Gasteiger partial charge < -0.3 is 4.57 Å². The summed E-state index contributed by atoms with van der Waals surface area (Å²) < 4.78 is 2.46. The number of amidine groups is 2. The van der Waals surface area contributed by atoms with E-state index in [2.05, 4.69) is 271 Å². The Bertz CT molecular complexity index is 3720. The van der Waals surface area contributed by atoms with Crippen molar-refractivity contribution in [1.82, 2.24) is 4.57 Å². The smallest absolute Gasteiger partial charge is 0.161 e. The monoisotopic (exact) mass is 968 g/mol. The third-order valence-corrected chi connectivity index (χ3v) is 14.2. The molecule has 1 N–H and O–H groups in total. The van der Waals surface area contributed by atoms with Gasteiger partial charge in [0.25, 0.3) is 0 Å². The fraction of sp³-hybridized carbons (Fsp3) is 0.113. The molecule has 75 heavy (non-hydrogen) atoms. The fourth-order valence-electron chi connectivity index (χ4n) is 10.1. The van der Waals surface area contributed by atoms with Crippen molar-refractivity contribution in [3.8, 4) is 61.3 Å². The van der Waals surface area contributed by atoms with Gasteiger partial charge in [-0.3, -0.25) is 5.41 Å². The molecule has 4 nitrogen and oxygen atoms in total. The Kier molecular flexibility index (Phi) is 13.0. The molecular formula is C71H60N4. The van der Waals surface area contributed by atoms with Gasteiger partial charge in [0.15, 0.2) is 11.7 Å². The first-order valence-electron chi connectivity index (χ1n) is 25.9. The molecule has 0 spiro atoms. The van der Waals surface area contributed by atoms with Crippen molar-refractivity contribution in [2.75, 3.05) is 0 Å². The summed E-state index contributed by atoms with van der Waals surface area (Å²) >= 11 is 0. The molecule has 11 rings (SSSR count). The Morgan fingerprint density at radius 2 is 0.773 bits per heavy atom. The lowest BCUT2D eigenvalue weighted by Crippen LogP contribution is -2.10. The quantitative estimate of drug-likeness (QED) is 0.111. The number of nitrogens with zero attached hydrogens (tertiary/aromatic N) is 3. The van der Waals surface area contributed by atoms with Crippen LogP contribution in [0.1, 0.15) is 69.4 Å². The van der Waals surface area contributed by atoms with Crippen LogP contribution in [0.3, 0.4) is 0 Å². The molecule has 0 aliphatic carbocycles. The molecular weight excluding hydrogens is 909 g/mol. The van der Waals surface area contributed by atoms with Crippen LogP contribution in [0.2, 0.25) is 0 Å². The summed E-state index contributed by atoms with van der Waals surface area (Å²) in [6, 6.07) is 85.7. The summed E-state index contributed by atoms with van der Waals surface area (Å²) in [6.45, 7) is 13.7. The molecule has 0 aliphatic rings. The van der Waals surface area contributed by atoms with Crippen LogP contribution < -0.4 is 0 Å². The number of aliphatic imine (C=N–C) groups is 2. The van der Waals surface area contributed by atoms with E-state index in [0.29, 0.717) is 11.4 Å². The molecule has 1 heterocycles. The largest absolute Gasteiger partial charge is 0.308 e. The average molecular weight is 969 g/mol. The van der Waals surface area contributed by atoms with Crippen LogP contribution in [0.5, 0.6) is 0 Å². The Balaban J connectivity index is 1.13. The van der Waals surface area contributed by atoms with Gasteiger partial charge in [-0.15, -0.1) is 0 Å². The van der Waals surface area contributed by atoms with E-state index in [1.165, 1.54) is 21.9 Å². The van der Waals surface area contributed by atoms with E-state index in [0.717, 1.165) is 83.5 Å². The summed E-state index contributed by atoms with van der Waals surface area (Å²) in [5, 5.41) is 12.5. The van der Waals surface area contributed by atoms with Gasteiger partial charge in [-0.25, -0.2) is 9.98 Å². The lowest BCUT2D eigenvalue weighted by atomic mass is 9.85. The van der Waals surface area contributed by atoms with Gasteiger partial charge in [-0.05, 0) is 127 Å². The molecule has 0 unspecified atom stereocenters. The van der Waals surface area contributed by atoms with Crippen LogP contribution in [0, 0.1) is 5.41 Å². The number of rotatable bonds is 9. The minimum Gasteiger partial charge on any atom is -0.308 e. The third kappa shape index (κ3) is 10.1. The molecule has 0 bridgehead atoms. The van der Waals surface area contributed by atoms with Gasteiger partial charge in [0.05, 0.1) is 16.7 Å². The second-order valence-corrected chi connectivity index (χ2v) is 21.5. The maximum atomic E-state index is 10.1. The van der Waals surface area contributed by atoms with E-state index < -0.39 is 0 Å². The number of nitrogens with one attached hydrogen (secondary N) is 1. The van der Waals surface area contributed by atoms with Crippen molar-refractivity contribution >= 4 is 39.7 Å². The molecule has 0 saturated carbocycles. The summed E-state index contributed by atoms with van der Waals surface area (Å²) in [5.41, 5.74) is 18.9. The van der Waals surface area contributed by atoms with Crippen LogP contribution in [0.4, 0.5) is 0 Å². The predicted octanol–water partition coefficient (Wildman–Crippen LogP) is 18.6. The van der Waals surface area contributed by atoms with E-state index in [9.17, 15) is 5.41 Å². The molecule has 4 heteroatoms. The average Bonchev–Trinajstić information content (AvgIpc) is 3.78. The molecule has 1 aromatic heterocycles. The summed E-state index contributed by atoms with van der Waals surface area (Å²) in [7, 11) is 0. The lowest BCUT2D eigenvalue weighted by Gasteiger charge is -2.22. The summed E-state index contributed by atoms with van der Waals surface area (Å²) in [6.07, 6.45) is 1.89. The Labute approximate surface area is 441 Å². The van der Waals surface area contributed by atoms with Gasteiger partial charge in [0, 0.05) is 39.2 Å². The molecule has 0 saturated heterocycles. The number of hydrogen-bond donors (Lipinski definition) is 1. The van der Waals surface area contributed by atoms with Crippen LogP contribution in [-0.4, -0.2) is 22.5 Å². The third-order valence-electron chi connectivity index (χ3n) is 14.2. The van der Waals surface area contributed by atoms with Gasteiger partial charge in [-0.2, -0.15) is 0 Å².